The fourth-order valence-corrected chi connectivity index (χ4v) is 4.84. The number of hydrogen-bond donors (Lipinski definition) is 1. The fraction of sp³-hybridized carbons (Fsp3) is 0.348. The molecule has 0 radical (unpaired) electrons. The number of anilines is 1. The molecule has 0 saturated carbocycles. The minimum absolute atomic E-state index is 0.0580. The van der Waals surface area contributed by atoms with Crippen LogP contribution in [0.1, 0.15) is 26.3 Å². The summed E-state index contributed by atoms with van der Waals surface area (Å²) in [6.07, 6.45) is 0.875. The highest BCUT2D eigenvalue weighted by Gasteiger charge is 2.30. The summed E-state index contributed by atoms with van der Waals surface area (Å²) in [6.45, 7) is 6.13. The highest BCUT2D eigenvalue weighted by atomic mass is 32.2. The van der Waals surface area contributed by atoms with Crippen LogP contribution in [0.3, 0.4) is 0 Å². The van der Waals surface area contributed by atoms with Crippen molar-refractivity contribution in [3.8, 4) is 0 Å². The first-order chi connectivity index (χ1) is 14.4. The van der Waals surface area contributed by atoms with Gasteiger partial charge in [0.1, 0.15) is 6.54 Å². The Morgan fingerprint density at radius 1 is 1.17 bits per heavy atom. The van der Waals surface area contributed by atoms with Crippen LogP contribution in [-0.2, 0) is 22.6 Å². The number of carbonyl (C=O) groups excluding carboxylic acids is 2. The second-order valence-corrected chi connectivity index (χ2v) is 8.87. The summed E-state index contributed by atoms with van der Waals surface area (Å²) >= 11 is 1.39. The van der Waals surface area contributed by atoms with E-state index in [0.717, 1.165) is 23.1 Å². The molecule has 1 aromatic heterocycles. The van der Waals surface area contributed by atoms with Gasteiger partial charge >= 0.3 is 0 Å². The lowest BCUT2D eigenvalue weighted by Gasteiger charge is -2.22. The molecular formula is C23H26N4O2S. The lowest BCUT2D eigenvalue weighted by atomic mass is 10.1. The van der Waals surface area contributed by atoms with Gasteiger partial charge in [0.15, 0.2) is 5.16 Å². The summed E-state index contributed by atoms with van der Waals surface area (Å²) in [4.78, 5) is 32.0. The van der Waals surface area contributed by atoms with Crippen molar-refractivity contribution in [3.63, 3.8) is 0 Å². The number of carbonyl (C=O) groups is 2. The Morgan fingerprint density at radius 2 is 1.90 bits per heavy atom. The molecule has 1 N–H and O–H groups in total. The average Bonchev–Trinajstić information content (AvgIpc) is 3.22. The predicted octanol–water partition coefficient (Wildman–Crippen LogP) is 3.63. The van der Waals surface area contributed by atoms with E-state index in [4.69, 9.17) is 0 Å². The number of hydrogen-bond acceptors (Lipinski definition) is 4. The third-order valence-corrected chi connectivity index (χ3v) is 6.13. The first-order valence-electron chi connectivity index (χ1n) is 10.2. The number of benzene rings is 2. The Kier molecular flexibility index (Phi) is 5.81. The zero-order valence-corrected chi connectivity index (χ0v) is 18.3. The number of aromatic nitrogens is 2. The molecule has 30 heavy (non-hydrogen) atoms. The van der Waals surface area contributed by atoms with Crippen LogP contribution in [0.25, 0.3) is 11.0 Å². The van der Waals surface area contributed by atoms with E-state index < -0.39 is 0 Å². The van der Waals surface area contributed by atoms with E-state index in [2.05, 4.69) is 23.3 Å². The van der Waals surface area contributed by atoms with Crippen molar-refractivity contribution in [1.82, 2.24) is 14.9 Å². The van der Waals surface area contributed by atoms with Gasteiger partial charge in [-0.2, -0.15) is 0 Å². The van der Waals surface area contributed by atoms with Gasteiger partial charge in [0, 0.05) is 17.8 Å². The van der Waals surface area contributed by atoms with Crippen LogP contribution in [0.4, 0.5) is 5.69 Å². The predicted molar refractivity (Wildman–Crippen MR) is 121 cm³/mol. The number of thioether (sulfide) groups is 1. The minimum Gasteiger partial charge on any atom is -0.352 e. The molecule has 1 atom stereocenters. The van der Waals surface area contributed by atoms with E-state index in [0.29, 0.717) is 5.16 Å². The van der Waals surface area contributed by atoms with Gasteiger partial charge < -0.3 is 14.8 Å². The molecule has 0 saturated heterocycles. The molecule has 4 rings (SSSR count). The molecule has 0 aliphatic carbocycles. The van der Waals surface area contributed by atoms with Gasteiger partial charge in [-0.1, -0.05) is 42.1 Å². The summed E-state index contributed by atoms with van der Waals surface area (Å²) in [6, 6.07) is 16.0. The molecule has 2 amide bonds. The maximum absolute atomic E-state index is 13.1. The Bertz CT molecular complexity index is 1090. The number of para-hydroxylation sites is 3. The zero-order valence-electron chi connectivity index (χ0n) is 17.5. The van der Waals surface area contributed by atoms with Crippen molar-refractivity contribution < 1.29 is 9.59 Å². The molecule has 3 aromatic rings. The van der Waals surface area contributed by atoms with Crippen LogP contribution in [0, 0.1) is 0 Å². The summed E-state index contributed by atoms with van der Waals surface area (Å²) in [5.74, 6) is 0.263. The zero-order chi connectivity index (χ0) is 21.3. The monoisotopic (exact) mass is 422 g/mol. The van der Waals surface area contributed by atoms with Crippen molar-refractivity contribution in [3.05, 3.63) is 54.1 Å². The summed E-state index contributed by atoms with van der Waals surface area (Å²) in [7, 11) is 0. The third-order valence-electron chi connectivity index (χ3n) is 5.17. The van der Waals surface area contributed by atoms with Crippen LogP contribution in [-0.4, -0.2) is 39.2 Å². The molecule has 1 aliphatic rings. The highest BCUT2D eigenvalue weighted by molar-refractivity contribution is 7.99. The highest BCUT2D eigenvalue weighted by Crippen LogP contribution is 2.33. The van der Waals surface area contributed by atoms with E-state index in [1.165, 1.54) is 17.3 Å². The second-order valence-electron chi connectivity index (χ2n) is 7.93. The van der Waals surface area contributed by atoms with Gasteiger partial charge in [-0.25, -0.2) is 4.98 Å². The van der Waals surface area contributed by atoms with E-state index in [-0.39, 0.29) is 36.2 Å². The number of fused-ring (bicyclic) bond motifs is 2. The van der Waals surface area contributed by atoms with Crippen molar-refractivity contribution in [2.24, 2.45) is 0 Å². The molecule has 1 aliphatic heterocycles. The normalized spacial score (nSPS) is 15.6. The van der Waals surface area contributed by atoms with Gasteiger partial charge in [-0.15, -0.1) is 0 Å². The van der Waals surface area contributed by atoms with Crippen LogP contribution in [0.2, 0.25) is 0 Å². The first-order valence-corrected chi connectivity index (χ1v) is 11.2. The second kappa shape index (κ2) is 8.52. The molecule has 7 heteroatoms. The van der Waals surface area contributed by atoms with Crippen LogP contribution >= 0.6 is 11.8 Å². The minimum atomic E-state index is -0.0663. The number of nitrogens with zero attached hydrogens (tertiary/aromatic N) is 3. The van der Waals surface area contributed by atoms with Crippen molar-refractivity contribution >= 4 is 40.3 Å². The maximum Gasteiger partial charge on any atom is 0.240 e. The molecular weight excluding hydrogens is 396 g/mol. The maximum atomic E-state index is 13.1. The lowest BCUT2D eigenvalue weighted by molar-refractivity contribution is -0.122. The number of imidazole rings is 1. The van der Waals surface area contributed by atoms with Crippen molar-refractivity contribution in [2.45, 2.75) is 51.0 Å². The third kappa shape index (κ3) is 4.07. The Morgan fingerprint density at radius 3 is 2.70 bits per heavy atom. The molecule has 156 valence electrons. The Balaban J connectivity index is 1.54. The Labute approximate surface area is 180 Å². The van der Waals surface area contributed by atoms with Crippen LogP contribution in [0.15, 0.2) is 53.7 Å². The summed E-state index contributed by atoms with van der Waals surface area (Å²) < 4.78 is 1.90. The summed E-state index contributed by atoms with van der Waals surface area (Å²) in [5.41, 5.74) is 3.93. The van der Waals surface area contributed by atoms with E-state index in [9.17, 15) is 9.59 Å². The van der Waals surface area contributed by atoms with Gasteiger partial charge in [-0.3, -0.25) is 9.59 Å². The average molecular weight is 423 g/mol. The van der Waals surface area contributed by atoms with Crippen molar-refractivity contribution in [2.75, 3.05) is 10.7 Å². The van der Waals surface area contributed by atoms with E-state index in [1.54, 1.807) is 0 Å². The Hall–Kier alpha value is -2.80. The lowest BCUT2D eigenvalue weighted by Crippen LogP contribution is -2.37. The van der Waals surface area contributed by atoms with Crippen LogP contribution < -0.4 is 10.2 Å². The van der Waals surface area contributed by atoms with Gasteiger partial charge in [-0.05, 0) is 51.0 Å². The fourth-order valence-electron chi connectivity index (χ4n) is 3.97. The van der Waals surface area contributed by atoms with Gasteiger partial charge in [0.2, 0.25) is 11.8 Å². The van der Waals surface area contributed by atoms with Gasteiger partial charge in [0.25, 0.3) is 0 Å². The summed E-state index contributed by atoms with van der Waals surface area (Å²) in [5, 5.41) is 3.61. The van der Waals surface area contributed by atoms with Crippen molar-refractivity contribution in [1.29, 1.82) is 0 Å². The molecule has 0 spiro atoms. The molecule has 2 heterocycles. The van der Waals surface area contributed by atoms with E-state index in [1.807, 2.05) is 65.8 Å². The van der Waals surface area contributed by atoms with Gasteiger partial charge in [0.05, 0.1) is 16.8 Å². The SMILES string of the molecule is CC(C)NC(=O)Cn1c(SCC(=O)N2c3ccccc3C[C@@H]2C)nc2ccccc21. The number of amides is 2. The number of nitrogens with one attached hydrogen (secondary N) is 1. The molecule has 6 nitrogen and oxygen atoms in total. The smallest absolute Gasteiger partial charge is 0.240 e. The molecule has 0 unspecified atom stereocenters. The largest absolute Gasteiger partial charge is 0.352 e. The number of rotatable bonds is 6. The molecule has 2 aromatic carbocycles. The quantitative estimate of drug-likeness (QED) is 0.616. The van der Waals surface area contributed by atoms with E-state index >= 15 is 0 Å². The topological polar surface area (TPSA) is 67.2 Å². The standard InChI is InChI=1S/C23H26N4O2S/c1-15(2)24-21(28)13-26-20-11-7-5-9-18(20)25-23(26)30-14-22(29)27-16(3)12-17-8-4-6-10-19(17)27/h4-11,15-16H,12-14H2,1-3H3,(H,24,28)/t16-/m0/s1. The molecule has 0 bridgehead atoms. The first kappa shape index (κ1) is 20.5. The van der Waals surface area contributed by atoms with Crippen LogP contribution in [0.5, 0.6) is 0 Å². The molecule has 0 fully saturated rings.